The lowest BCUT2D eigenvalue weighted by atomic mass is 10.3. The molecule has 144 valence electrons. The fourth-order valence-electron chi connectivity index (χ4n) is 2.26. The highest BCUT2D eigenvalue weighted by molar-refractivity contribution is 5.89. The zero-order valence-corrected chi connectivity index (χ0v) is 15.2. The van der Waals surface area contributed by atoms with Gasteiger partial charge in [0.05, 0.1) is 5.69 Å². The zero-order valence-electron chi connectivity index (χ0n) is 15.2. The van der Waals surface area contributed by atoms with E-state index in [0.29, 0.717) is 30.5 Å². The molecule has 8 nitrogen and oxygen atoms in total. The smallest absolute Gasteiger partial charge is 0.319 e. The summed E-state index contributed by atoms with van der Waals surface area (Å²) in [6.45, 7) is 2.73. The van der Waals surface area contributed by atoms with E-state index < -0.39 is 11.8 Å². The molecular formula is C19H20FN7O. The highest BCUT2D eigenvalue weighted by Crippen LogP contribution is 2.13. The number of aromatic nitrogens is 3. The molecule has 9 heteroatoms. The van der Waals surface area contributed by atoms with E-state index in [0.717, 1.165) is 5.56 Å². The molecule has 28 heavy (non-hydrogen) atoms. The Morgan fingerprint density at radius 3 is 2.43 bits per heavy atom. The summed E-state index contributed by atoms with van der Waals surface area (Å²) in [4.78, 5) is 16.0. The third-order valence-electron chi connectivity index (χ3n) is 3.67. The number of benzene rings is 1. The maximum Gasteiger partial charge on any atom is 0.319 e. The van der Waals surface area contributed by atoms with Crippen molar-refractivity contribution in [3.63, 3.8) is 0 Å². The third kappa shape index (κ3) is 5.63. The molecule has 3 aromatic rings. The summed E-state index contributed by atoms with van der Waals surface area (Å²) in [5, 5.41) is 19.3. The van der Waals surface area contributed by atoms with E-state index in [1.165, 1.54) is 12.1 Å². The lowest BCUT2D eigenvalue weighted by Crippen LogP contribution is -2.33. The van der Waals surface area contributed by atoms with Crippen LogP contribution in [0.25, 0.3) is 0 Å². The van der Waals surface area contributed by atoms with Crippen molar-refractivity contribution >= 4 is 29.2 Å². The van der Waals surface area contributed by atoms with Crippen molar-refractivity contribution in [3.8, 4) is 0 Å². The maximum absolute atomic E-state index is 13.5. The van der Waals surface area contributed by atoms with Gasteiger partial charge in [0, 0.05) is 19.3 Å². The first kappa shape index (κ1) is 19.0. The second-order valence-corrected chi connectivity index (χ2v) is 5.94. The molecule has 0 aliphatic carbocycles. The molecule has 1 aromatic carbocycles. The van der Waals surface area contributed by atoms with E-state index >= 15 is 0 Å². The number of urea groups is 1. The van der Waals surface area contributed by atoms with Crippen LogP contribution in [0.1, 0.15) is 5.56 Å². The van der Waals surface area contributed by atoms with Gasteiger partial charge in [-0.05, 0) is 42.8 Å². The normalized spacial score (nSPS) is 10.2. The molecule has 0 radical (unpaired) electrons. The van der Waals surface area contributed by atoms with Crippen molar-refractivity contribution in [2.75, 3.05) is 29.0 Å². The number of amides is 2. The summed E-state index contributed by atoms with van der Waals surface area (Å²) in [7, 11) is 0. The van der Waals surface area contributed by atoms with Gasteiger partial charge in [0.25, 0.3) is 0 Å². The molecule has 2 aromatic heterocycles. The van der Waals surface area contributed by atoms with E-state index in [4.69, 9.17) is 0 Å². The summed E-state index contributed by atoms with van der Waals surface area (Å²) >= 11 is 0. The number of para-hydroxylation sites is 1. The number of carbonyl (C=O) groups is 1. The van der Waals surface area contributed by atoms with Gasteiger partial charge in [0.2, 0.25) is 0 Å². The Hall–Kier alpha value is -3.75. The van der Waals surface area contributed by atoms with Crippen molar-refractivity contribution in [2.45, 2.75) is 6.92 Å². The Morgan fingerprint density at radius 2 is 1.71 bits per heavy atom. The number of nitrogens with one attached hydrogen (secondary N) is 4. The van der Waals surface area contributed by atoms with Crippen molar-refractivity contribution in [2.24, 2.45) is 0 Å². The topological polar surface area (TPSA) is 104 Å². The van der Waals surface area contributed by atoms with Gasteiger partial charge in [-0.2, -0.15) is 0 Å². The van der Waals surface area contributed by atoms with Gasteiger partial charge in [-0.25, -0.2) is 14.2 Å². The average Bonchev–Trinajstić information content (AvgIpc) is 2.70. The molecule has 0 unspecified atom stereocenters. The van der Waals surface area contributed by atoms with E-state index in [1.54, 1.807) is 30.5 Å². The van der Waals surface area contributed by atoms with Crippen LogP contribution in [0.5, 0.6) is 0 Å². The van der Waals surface area contributed by atoms with Crippen LogP contribution >= 0.6 is 0 Å². The Balaban J connectivity index is 1.39. The largest absolute Gasteiger partial charge is 0.367 e. The molecule has 0 aliphatic rings. The molecule has 2 heterocycles. The summed E-state index contributed by atoms with van der Waals surface area (Å²) in [6.07, 6.45) is 1.76. The number of anilines is 4. The minimum atomic E-state index is -0.486. The summed E-state index contributed by atoms with van der Waals surface area (Å²) in [5.41, 5.74) is 1.21. The molecule has 0 saturated heterocycles. The fourth-order valence-corrected chi connectivity index (χ4v) is 2.26. The van der Waals surface area contributed by atoms with Crippen molar-refractivity contribution in [3.05, 3.63) is 66.1 Å². The van der Waals surface area contributed by atoms with Crippen molar-refractivity contribution in [1.29, 1.82) is 0 Å². The average molecular weight is 381 g/mol. The molecule has 0 saturated carbocycles. The van der Waals surface area contributed by atoms with Crippen LogP contribution in [0.15, 0.2) is 54.7 Å². The van der Waals surface area contributed by atoms with Gasteiger partial charge in [0.1, 0.15) is 17.5 Å². The number of aryl methyl sites for hydroxylation is 1. The molecule has 0 fully saturated rings. The Labute approximate surface area is 161 Å². The van der Waals surface area contributed by atoms with E-state index in [-0.39, 0.29) is 5.69 Å². The van der Waals surface area contributed by atoms with Crippen molar-refractivity contribution < 1.29 is 9.18 Å². The third-order valence-corrected chi connectivity index (χ3v) is 3.67. The SMILES string of the molecule is Cc1ccc(Nc2ccc(NCCNC(=O)Nc3ccccc3F)nn2)nc1. The summed E-state index contributed by atoms with van der Waals surface area (Å²) in [5.74, 6) is 1.34. The minimum absolute atomic E-state index is 0.130. The number of carbonyl (C=O) groups excluding carboxylic acids is 1. The first-order chi connectivity index (χ1) is 13.6. The molecule has 0 spiro atoms. The molecule has 3 rings (SSSR count). The number of pyridine rings is 1. The Morgan fingerprint density at radius 1 is 0.964 bits per heavy atom. The number of hydrogen-bond acceptors (Lipinski definition) is 6. The molecule has 4 N–H and O–H groups in total. The van der Waals surface area contributed by atoms with Gasteiger partial charge in [-0.1, -0.05) is 18.2 Å². The maximum atomic E-state index is 13.5. The lowest BCUT2D eigenvalue weighted by molar-refractivity contribution is 0.252. The second kappa shape index (κ2) is 9.26. The van der Waals surface area contributed by atoms with Gasteiger partial charge in [-0.15, -0.1) is 10.2 Å². The number of rotatable bonds is 7. The van der Waals surface area contributed by atoms with E-state index in [1.807, 2.05) is 19.1 Å². The standard InChI is InChI=1S/C19H20FN7O/c1-13-6-7-16(23-12-13)25-18-9-8-17(26-27-18)21-10-11-22-19(28)24-15-5-3-2-4-14(15)20/h2-9,12H,10-11H2,1H3,(H,21,26)(H2,22,24,28)(H,23,25,27). The van der Waals surface area contributed by atoms with Gasteiger partial charge in [0.15, 0.2) is 5.82 Å². The van der Waals surface area contributed by atoms with Crippen LogP contribution in [0, 0.1) is 12.7 Å². The van der Waals surface area contributed by atoms with Crippen LogP contribution in [0.3, 0.4) is 0 Å². The van der Waals surface area contributed by atoms with E-state index in [2.05, 4.69) is 36.4 Å². The lowest BCUT2D eigenvalue weighted by Gasteiger charge is -2.09. The predicted octanol–water partition coefficient (Wildman–Crippen LogP) is 3.30. The van der Waals surface area contributed by atoms with Gasteiger partial charge in [-0.3, -0.25) is 0 Å². The first-order valence-corrected chi connectivity index (χ1v) is 8.67. The van der Waals surface area contributed by atoms with Crippen LogP contribution in [-0.2, 0) is 0 Å². The van der Waals surface area contributed by atoms with Gasteiger partial charge < -0.3 is 21.3 Å². The summed E-state index contributed by atoms with van der Waals surface area (Å²) < 4.78 is 13.5. The van der Waals surface area contributed by atoms with Gasteiger partial charge >= 0.3 is 6.03 Å². The van der Waals surface area contributed by atoms with E-state index in [9.17, 15) is 9.18 Å². The Kier molecular flexibility index (Phi) is 6.29. The Bertz CT molecular complexity index is 916. The van der Waals surface area contributed by atoms with Crippen LogP contribution in [0.4, 0.5) is 32.3 Å². The highest BCUT2D eigenvalue weighted by Gasteiger charge is 2.05. The highest BCUT2D eigenvalue weighted by atomic mass is 19.1. The second-order valence-electron chi connectivity index (χ2n) is 5.94. The fraction of sp³-hybridized carbons (Fsp3) is 0.158. The zero-order chi connectivity index (χ0) is 19.8. The van der Waals surface area contributed by atoms with Crippen LogP contribution < -0.4 is 21.3 Å². The number of halogens is 1. The molecule has 0 aliphatic heterocycles. The van der Waals surface area contributed by atoms with Crippen molar-refractivity contribution in [1.82, 2.24) is 20.5 Å². The molecular weight excluding hydrogens is 361 g/mol. The predicted molar refractivity (Wildman–Crippen MR) is 106 cm³/mol. The molecule has 0 atom stereocenters. The molecule has 0 bridgehead atoms. The number of nitrogens with zero attached hydrogens (tertiary/aromatic N) is 3. The quantitative estimate of drug-likeness (QED) is 0.468. The monoisotopic (exact) mass is 381 g/mol. The molecule has 2 amide bonds. The summed E-state index contributed by atoms with van der Waals surface area (Å²) in [6, 6.07) is 12.8. The minimum Gasteiger partial charge on any atom is -0.367 e. The number of hydrogen-bond donors (Lipinski definition) is 4. The first-order valence-electron chi connectivity index (χ1n) is 8.67. The van der Waals surface area contributed by atoms with Crippen LogP contribution in [0.2, 0.25) is 0 Å². The van der Waals surface area contributed by atoms with Crippen LogP contribution in [-0.4, -0.2) is 34.3 Å².